The third-order valence-corrected chi connectivity index (χ3v) is 2.03. The maximum atomic E-state index is 10.5. The molecule has 0 aromatic carbocycles. The van der Waals surface area contributed by atoms with E-state index >= 15 is 0 Å². The minimum atomic E-state index is -0.594. The monoisotopic (exact) mass is 249 g/mol. The molecule has 0 fully saturated rings. The molecule has 0 radical (unpaired) electrons. The Kier molecular flexibility index (Phi) is 2.83. The van der Waals surface area contributed by atoms with Gasteiger partial charge in [0.2, 0.25) is 0 Å². The Labute approximate surface area is 99.5 Å². The second kappa shape index (κ2) is 4.45. The smallest absolute Gasteiger partial charge is 0.307 e. The summed E-state index contributed by atoms with van der Waals surface area (Å²) in [4.78, 5) is 17.8. The Hall–Kier alpha value is -3.04. The summed E-state index contributed by atoms with van der Waals surface area (Å²) < 4.78 is 1.12. The number of rotatable bonds is 3. The topological polar surface area (TPSA) is 145 Å². The van der Waals surface area contributed by atoms with Crippen LogP contribution in [0.5, 0.6) is 0 Å². The van der Waals surface area contributed by atoms with Crippen molar-refractivity contribution in [1.29, 1.82) is 0 Å². The van der Waals surface area contributed by atoms with Gasteiger partial charge in [0.05, 0.1) is 4.92 Å². The maximum absolute atomic E-state index is 10.5. The molecular formula is C8H7N7O3. The van der Waals surface area contributed by atoms with Crippen molar-refractivity contribution in [3.8, 4) is 5.82 Å². The predicted octanol–water partition coefficient (Wildman–Crippen LogP) is -0.335. The number of hydrogen-bond donors (Lipinski definition) is 2. The highest BCUT2D eigenvalue weighted by atomic mass is 16.6. The van der Waals surface area contributed by atoms with Gasteiger partial charge in [0.15, 0.2) is 17.3 Å². The lowest BCUT2D eigenvalue weighted by Gasteiger charge is -2.04. The van der Waals surface area contributed by atoms with Gasteiger partial charge in [0.1, 0.15) is 12.4 Å². The zero-order valence-electron chi connectivity index (χ0n) is 8.83. The zero-order chi connectivity index (χ0) is 13.1. The quantitative estimate of drug-likeness (QED) is 0.249. The van der Waals surface area contributed by atoms with E-state index in [0.29, 0.717) is 0 Å². The Balaban J connectivity index is 2.53. The molecule has 2 heterocycles. The molecular weight excluding hydrogens is 242 g/mol. The van der Waals surface area contributed by atoms with E-state index in [1.165, 1.54) is 12.4 Å². The molecule has 2 aromatic rings. The fourth-order valence-corrected chi connectivity index (χ4v) is 1.25. The number of nitro groups is 1. The van der Waals surface area contributed by atoms with E-state index in [1.54, 1.807) is 0 Å². The average molecular weight is 249 g/mol. The first kappa shape index (κ1) is 11.4. The minimum Gasteiger partial charge on any atom is -0.409 e. The summed E-state index contributed by atoms with van der Waals surface area (Å²) in [7, 11) is 0. The summed E-state index contributed by atoms with van der Waals surface area (Å²) in [5.41, 5.74) is 5.29. The van der Waals surface area contributed by atoms with Gasteiger partial charge in [-0.25, -0.2) is 14.6 Å². The van der Waals surface area contributed by atoms with Crippen LogP contribution in [0.1, 0.15) is 5.69 Å². The molecule has 3 N–H and O–H groups in total. The first-order chi connectivity index (χ1) is 8.63. The molecule has 0 aliphatic heterocycles. The van der Waals surface area contributed by atoms with Crippen molar-refractivity contribution in [3.05, 3.63) is 40.6 Å². The van der Waals surface area contributed by atoms with Crippen LogP contribution in [0.3, 0.4) is 0 Å². The highest BCUT2D eigenvalue weighted by Gasteiger charge is 2.16. The standard InChI is InChI=1S/C8H7N7O3/c9-7(13-16)6-8(11-2-1-10-6)14-4-5(3-12-14)15(17)18/h1-4,16H,(H2,9,13). The molecule has 0 aliphatic rings. The number of amidine groups is 1. The number of nitrogens with zero attached hydrogens (tertiary/aromatic N) is 6. The van der Waals surface area contributed by atoms with Crippen molar-refractivity contribution < 1.29 is 10.1 Å². The highest BCUT2D eigenvalue weighted by Crippen LogP contribution is 2.13. The molecule has 2 rings (SSSR count). The summed E-state index contributed by atoms with van der Waals surface area (Å²) in [5.74, 6) is -0.142. The van der Waals surface area contributed by atoms with Gasteiger partial charge < -0.3 is 10.9 Å². The van der Waals surface area contributed by atoms with Crippen molar-refractivity contribution in [3.63, 3.8) is 0 Å². The maximum Gasteiger partial charge on any atom is 0.307 e. The average Bonchev–Trinajstić information content (AvgIpc) is 2.87. The largest absolute Gasteiger partial charge is 0.409 e. The summed E-state index contributed by atoms with van der Waals surface area (Å²) in [6.45, 7) is 0. The van der Waals surface area contributed by atoms with Crippen LogP contribution in [-0.2, 0) is 0 Å². The van der Waals surface area contributed by atoms with Crippen LogP contribution >= 0.6 is 0 Å². The first-order valence-corrected chi connectivity index (χ1v) is 4.62. The molecule has 0 unspecified atom stereocenters. The number of aromatic nitrogens is 4. The Morgan fingerprint density at radius 2 is 2.22 bits per heavy atom. The molecule has 10 heteroatoms. The molecule has 0 aliphatic carbocycles. The van der Waals surface area contributed by atoms with Gasteiger partial charge in [0.25, 0.3) is 0 Å². The van der Waals surface area contributed by atoms with E-state index in [0.717, 1.165) is 17.1 Å². The lowest BCUT2D eigenvalue weighted by Crippen LogP contribution is -2.19. The van der Waals surface area contributed by atoms with Crippen molar-refractivity contribution >= 4 is 11.5 Å². The van der Waals surface area contributed by atoms with Crippen LogP contribution in [0.2, 0.25) is 0 Å². The summed E-state index contributed by atoms with van der Waals surface area (Å²) in [6, 6.07) is 0. The van der Waals surface area contributed by atoms with Gasteiger partial charge in [-0.05, 0) is 0 Å². The van der Waals surface area contributed by atoms with Crippen molar-refractivity contribution in [2.75, 3.05) is 0 Å². The molecule has 92 valence electrons. The van der Waals surface area contributed by atoms with Crippen LogP contribution in [-0.4, -0.2) is 35.7 Å². The Morgan fingerprint density at radius 3 is 2.83 bits per heavy atom. The second-order valence-corrected chi connectivity index (χ2v) is 3.11. The molecule has 0 atom stereocenters. The molecule has 0 amide bonds. The molecule has 0 saturated carbocycles. The fraction of sp³-hybridized carbons (Fsp3) is 0. The molecule has 10 nitrogen and oxygen atoms in total. The predicted molar refractivity (Wildman–Crippen MR) is 58.3 cm³/mol. The SMILES string of the molecule is N/C(=N/O)c1nccnc1-n1cc([N+](=O)[O-])cn1. The third-order valence-electron chi connectivity index (χ3n) is 2.03. The third kappa shape index (κ3) is 1.93. The van der Waals surface area contributed by atoms with Crippen LogP contribution in [0.15, 0.2) is 29.9 Å². The second-order valence-electron chi connectivity index (χ2n) is 3.11. The molecule has 0 saturated heterocycles. The van der Waals surface area contributed by atoms with Crippen molar-refractivity contribution in [2.24, 2.45) is 10.9 Å². The summed E-state index contributed by atoms with van der Waals surface area (Å²) >= 11 is 0. The number of hydrogen-bond acceptors (Lipinski definition) is 7. The van der Waals surface area contributed by atoms with Gasteiger partial charge in [-0.3, -0.25) is 10.1 Å². The van der Waals surface area contributed by atoms with E-state index in [2.05, 4.69) is 20.2 Å². The van der Waals surface area contributed by atoms with E-state index in [1.807, 2.05) is 0 Å². The fourth-order valence-electron chi connectivity index (χ4n) is 1.25. The van der Waals surface area contributed by atoms with Crippen molar-refractivity contribution in [2.45, 2.75) is 0 Å². The summed E-state index contributed by atoms with van der Waals surface area (Å²) in [6.07, 6.45) is 4.91. The highest BCUT2D eigenvalue weighted by molar-refractivity contribution is 5.97. The van der Waals surface area contributed by atoms with Crippen LogP contribution < -0.4 is 5.73 Å². The lowest BCUT2D eigenvalue weighted by atomic mass is 10.4. The van der Waals surface area contributed by atoms with Gasteiger partial charge in [0, 0.05) is 12.4 Å². The normalized spacial score (nSPS) is 11.4. The van der Waals surface area contributed by atoms with Crippen LogP contribution in [0.25, 0.3) is 5.82 Å². The molecule has 18 heavy (non-hydrogen) atoms. The Bertz CT molecular complexity index is 621. The van der Waals surface area contributed by atoms with E-state index in [-0.39, 0.29) is 23.0 Å². The van der Waals surface area contributed by atoms with Crippen LogP contribution in [0, 0.1) is 10.1 Å². The van der Waals surface area contributed by atoms with Crippen LogP contribution in [0.4, 0.5) is 5.69 Å². The van der Waals surface area contributed by atoms with Gasteiger partial charge in [-0.2, -0.15) is 5.10 Å². The van der Waals surface area contributed by atoms with E-state index in [4.69, 9.17) is 10.9 Å². The zero-order valence-corrected chi connectivity index (χ0v) is 8.83. The molecule has 0 spiro atoms. The molecule has 2 aromatic heterocycles. The molecule has 0 bridgehead atoms. The first-order valence-electron chi connectivity index (χ1n) is 4.62. The van der Waals surface area contributed by atoms with Gasteiger partial charge >= 0.3 is 5.69 Å². The lowest BCUT2D eigenvalue weighted by molar-refractivity contribution is -0.384. The van der Waals surface area contributed by atoms with Crippen molar-refractivity contribution in [1.82, 2.24) is 19.7 Å². The van der Waals surface area contributed by atoms with E-state index in [9.17, 15) is 10.1 Å². The van der Waals surface area contributed by atoms with E-state index < -0.39 is 4.92 Å². The minimum absolute atomic E-state index is 0.0676. The number of oxime groups is 1. The number of nitrogens with two attached hydrogens (primary N) is 1. The Morgan fingerprint density at radius 1 is 1.50 bits per heavy atom. The van der Waals surface area contributed by atoms with Gasteiger partial charge in [-0.15, -0.1) is 0 Å². The summed E-state index contributed by atoms with van der Waals surface area (Å²) in [5, 5.41) is 25.7. The van der Waals surface area contributed by atoms with Gasteiger partial charge in [-0.1, -0.05) is 5.16 Å².